The Morgan fingerprint density at radius 3 is 2.18 bits per heavy atom. The maximum atomic E-state index is 13.5. The minimum atomic E-state index is -4.00. The Bertz CT molecular complexity index is 1270. The Balaban J connectivity index is 1.93. The molecule has 0 heterocycles. The lowest BCUT2D eigenvalue weighted by Crippen LogP contribution is -2.41. The third-order valence-corrected chi connectivity index (χ3v) is 7.78. The molecule has 174 valence electrons. The third kappa shape index (κ3) is 5.75. The highest BCUT2D eigenvalue weighted by Gasteiger charge is 2.28. The summed E-state index contributed by atoms with van der Waals surface area (Å²) in [5.74, 6) is -0.391. The monoisotopic (exact) mass is 484 g/mol. The van der Waals surface area contributed by atoms with Crippen LogP contribution >= 0.6 is 11.6 Å². The highest BCUT2D eigenvalue weighted by atomic mass is 35.5. The molecule has 0 aliphatic rings. The second kappa shape index (κ2) is 9.98. The maximum Gasteiger partial charge on any atom is 0.264 e. The molecule has 3 aromatic carbocycles. The van der Waals surface area contributed by atoms with Gasteiger partial charge >= 0.3 is 0 Å². The summed E-state index contributed by atoms with van der Waals surface area (Å²) >= 11 is 5.95. The number of sulfonamides is 1. The molecule has 3 aromatic rings. The van der Waals surface area contributed by atoms with Gasteiger partial charge in [0.05, 0.1) is 16.6 Å². The zero-order valence-electron chi connectivity index (χ0n) is 19.5. The van der Waals surface area contributed by atoms with Gasteiger partial charge in [0.2, 0.25) is 5.91 Å². The average molecular weight is 485 g/mol. The number of nitrogens with one attached hydrogen (secondary N) is 1. The standard InChI is InChI=1S/C26H29ClN2O3S/c1-17-6-13-25(20(4)14-17)21(5)28-26(30)16-29(23-10-7-18(2)19(3)15-23)33(31,32)24-11-8-22(27)9-12-24/h6-15,21H,16H2,1-5H3,(H,28,30)/t21-/m0/s1. The summed E-state index contributed by atoms with van der Waals surface area (Å²) in [6.45, 7) is 9.43. The van der Waals surface area contributed by atoms with Crippen LogP contribution in [0.25, 0.3) is 0 Å². The van der Waals surface area contributed by atoms with Crippen molar-refractivity contribution in [1.82, 2.24) is 5.32 Å². The van der Waals surface area contributed by atoms with Gasteiger partial charge in [-0.3, -0.25) is 9.10 Å². The molecular formula is C26H29ClN2O3S. The van der Waals surface area contributed by atoms with Gasteiger partial charge in [0, 0.05) is 5.02 Å². The Hall–Kier alpha value is -2.83. The van der Waals surface area contributed by atoms with Gasteiger partial charge in [-0.05, 0) is 93.3 Å². The number of halogens is 1. The molecule has 0 saturated carbocycles. The molecule has 5 nitrogen and oxygen atoms in total. The van der Waals surface area contributed by atoms with Gasteiger partial charge in [-0.1, -0.05) is 41.4 Å². The van der Waals surface area contributed by atoms with E-state index >= 15 is 0 Å². The lowest BCUT2D eigenvalue weighted by molar-refractivity contribution is -0.120. The smallest absolute Gasteiger partial charge is 0.264 e. The van der Waals surface area contributed by atoms with Crippen molar-refractivity contribution in [3.8, 4) is 0 Å². The number of carbonyl (C=O) groups is 1. The minimum Gasteiger partial charge on any atom is -0.348 e. The quantitative estimate of drug-likeness (QED) is 0.471. The van der Waals surface area contributed by atoms with E-state index in [0.29, 0.717) is 10.7 Å². The molecule has 1 atom stereocenters. The zero-order chi connectivity index (χ0) is 24.3. The number of anilines is 1. The molecular weight excluding hydrogens is 456 g/mol. The summed E-state index contributed by atoms with van der Waals surface area (Å²) in [6, 6.07) is 17.1. The summed E-state index contributed by atoms with van der Waals surface area (Å²) in [5.41, 5.74) is 5.62. The number of hydrogen-bond donors (Lipinski definition) is 1. The van der Waals surface area contributed by atoms with E-state index in [9.17, 15) is 13.2 Å². The van der Waals surface area contributed by atoms with E-state index in [4.69, 9.17) is 11.6 Å². The Morgan fingerprint density at radius 2 is 1.58 bits per heavy atom. The molecule has 0 aliphatic carbocycles. The number of amides is 1. The molecule has 0 aliphatic heterocycles. The van der Waals surface area contributed by atoms with Crippen LogP contribution in [0.2, 0.25) is 5.02 Å². The van der Waals surface area contributed by atoms with Crippen LogP contribution < -0.4 is 9.62 Å². The molecule has 33 heavy (non-hydrogen) atoms. The van der Waals surface area contributed by atoms with Crippen LogP contribution in [0.5, 0.6) is 0 Å². The van der Waals surface area contributed by atoms with E-state index in [2.05, 4.69) is 11.4 Å². The summed E-state index contributed by atoms with van der Waals surface area (Å²) in [4.78, 5) is 13.1. The first kappa shape index (κ1) is 24.8. The fourth-order valence-electron chi connectivity index (χ4n) is 3.74. The van der Waals surface area contributed by atoms with Gasteiger partial charge in [-0.2, -0.15) is 0 Å². The predicted molar refractivity (Wildman–Crippen MR) is 134 cm³/mol. The van der Waals surface area contributed by atoms with Gasteiger partial charge in [0.15, 0.2) is 0 Å². The van der Waals surface area contributed by atoms with Crippen LogP contribution in [-0.4, -0.2) is 20.9 Å². The summed E-state index contributed by atoms with van der Waals surface area (Å²) < 4.78 is 28.2. The molecule has 0 unspecified atom stereocenters. The highest BCUT2D eigenvalue weighted by molar-refractivity contribution is 7.92. The first-order valence-electron chi connectivity index (χ1n) is 10.7. The van der Waals surface area contributed by atoms with E-state index in [0.717, 1.165) is 32.1 Å². The molecule has 0 aromatic heterocycles. The molecule has 0 radical (unpaired) electrons. The topological polar surface area (TPSA) is 66.5 Å². The molecule has 0 saturated heterocycles. The van der Waals surface area contributed by atoms with Crippen molar-refractivity contribution in [2.24, 2.45) is 0 Å². The number of benzene rings is 3. The fourth-order valence-corrected chi connectivity index (χ4v) is 5.28. The van der Waals surface area contributed by atoms with Gasteiger partial charge in [0.25, 0.3) is 10.0 Å². The van der Waals surface area contributed by atoms with Gasteiger partial charge in [-0.25, -0.2) is 8.42 Å². The van der Waals surface area contributed by atoms with Crippen molar-refractivity contribution >= 4 is 33.2 Å². The molecule has 1 N–H and O–H groups in total. The van der Waals surface area contributed by atoms with E-state index in [1.807, 2.05) is 52.8 Å². The predicted octanol–water partition coefficient (Wildman–Crippen LogP) is 5.65. The minimum absolute atomic E-state index is 0.0698. The Labute approximate surface area is 201 Å². The number of rotatable bonds is 7. The highest BCUT2D eigenvalue weighted by Crippen LogP contribution is 2.27. The van der Waals surface area contributed by atoms with Crippen LogP contribution in [0.15, 0.2) is 65.6 Å². The second-order valence-electron chi connectivity index (χ2n) is 8.38. The first-order valence-corrected chi connectivity index (χ1v) is 12.5. The van der Waals surface area contributed by atoms with Crippen molar-refractivity contribution in [3.05, 3.63) is 93.5 Å². The van der Waals surface area contributed by atoms with Crippen LogP contribution in [0.3, 0.4) is 0 Å². The van der Waals surface area contributed by atoms with Crippen molar-refractivity contribution < 1.29 is 13.2 Å². The Kier molecular flexibility index (Phi) is 7.50. The number of hydrogen-bond acceptors (Lipinski definition) is 3. The lowest BCUT2D eigenvalue weighted by atomic mass is 10.0. The number of aryl methyl sites for hydroxylation is 4. The van der Waals surface area contributed by atoms with Crippen molar-refractivity contribution in [2.45, 2.75) is 45.6 Å². The zero-order valence-corrected chi connectivity index (χ0v) is 21.1. The maximum absolute atomic E-state index is 13.5. The number of nitrogens with zero attached hydrogens (tertiary/aromatic N) is 1. The average Bonchev–Trinajstić information content (AvgIpc) is 2.74. The molecule has 0 bridgehead atoms. The SMILES string of the molecule is Cc1ccc([C@H](C)NC(=O)CN(c2ccc(C)c(C)c2)S(=O)(=O)c2ccc(Cl)cc2)c(C)c1. The van der Waals surface area contributed by atoms with Crippen molar-refractivity contribution in [1.29, 1.82) is 0 Å². The second-order valence-corrected chi connectivity index (χ2v) is 10.7. The van der Waals surface area contributed by atoms with E-state index in [1.54, 1.807) is 12.1 Å². The molecule has 1 amide bonds. The van der Waals surface area contributed by atoms with Crippen LogP contribution in [-0.2, 0) is 14.8 Å². The lowest BCUT2D eigenvalue weighted by Gasteiger charge is -2.26. The van der Waals surface area contributed by atoms with Crippen molar-refractivity contribution in [3.63, 3.8) is 0 Å². The fraction of sp³-hybridized carbons (Fsp3) is 0.269. The molecule has 7 heteroatoms. The van der Waals surface area contributed by atoms with E-state index < -0.39 is 15.9 Å². The van der Waals surface area contributed by atoms with Gasteiger partial charge in [-0.15, -0.1) is 0 Å². The number of carbonyl (C=O) groups excluding carboxylic acids is 1. The van der Waals surface area contributed by atoms with Crippen molar-refractivity contribution in [2.75, 3.05) is 10.8 Å². The van der Waals surface area contributed by atoms with Gasteiger partial charge < -0.3 is 5.32 Å². The first-order chi connectivity index (χ1) is 15.5. The molecule has 0 fully saturated rings. The molecule has 0 spiro atoms. The largest absolute Gasteiger partial charge is 0.348 e. The van der Waals surface area contributed by atoms with Crippen LogP contribution in [0.1, 0.15) is 40.8 Å². The molecule has 3 rings (SSSR count). The van der Waals surface area contributed by atoms with Gasteiger partial charge in [0.1, 0.15) is 6.54 Å². The van der Waals surface area contributed by atoms with Crippen LogP contribution in [0, 0.1) is 27.7 Å². The summed E-state index contributed by atoms with van der Waals surface area (Å²) in [6.07, 6.45) is 0. The summed E-state index contributed by atoms with van der Waals surface area (Å²) in [7, 11) is -4.00. The third-order valence-electron chi connectivity index (χ3n) is 5.74. The summed E-state index contributed by atoms with van der Waals surface area (Å²) in [5, 5.41) is 3.39. The normalized spacial score (nSPS) is 12.3. The van der Waals surface area contributed by atoms with E-state index in [1.165, 1.54) is 24.3 Å². The Morgan fingerprint density at radius 1 is 0.909 bits per heavy atom. The van der Waals surface area contributed by atoms with E-state index in [-0.39, 0.29) is 17.5 Å². The van der Waals surface area contributed by atoms with Crippen LogP contribution in [0.4, 0.5) is 5.69 Å².